The lowest BCUT2D eigenvalue weighted by atomic mass is 9.95. The molecule has 3 N–H and O–H groups in total. The summed E-state index contributed by atoms with van der Waals surface area (Å²) in [6.07, 6.45) is 1.41. The molecule has 10 nitrogen and oxygen atoms in total. The fourth-order valence-electron chi connectivity index (χ4n) is 3.44. The Kier molecular flexibility index (Phi) is 9.36. The molecule has 0 spiro atoms. The molecular weight excluding hydrogens is 482 g/mol. The first kappa shape index (κ1) is 26.2. The van der Waals surface area contributed by atoms with Crippen LogP contribution in [0.4, 0.5) is 0 Å². The van der Waals surface area contributed by atoms with Crippen LogP contribution in [-0.2, 0) is 14.3 Å². The minimum Gasteiger partial charge on any atom is -0.483 e. The Morgan fingerprint density at radius 1 is 1.17 bits per heavy atom. The van der Waals surface area contributed by atoms with E-state index in [9.17, 15) is 9.59 Å². The first-order valence-corrected chi connectivity index (χ1v) is 11.4. The van der Waals surface area contributed by atoms with E-state index in [0.717, 1.165) is 0 Å². The van der Waals surface area contributed by atoms with Gasteiger partial charge in [-0.05, 0) is 44.3 Å². The van der Waals surface area contributed by atoms with Gasteiger partial charge >= 0.3 is 5.97 Å². The van der Waals surface area contributed by atoms with E-state index in [2.05, 4.69) is 21.2 Å². The fraction of sp³-hybridized carbons (Fsp3) is 0.240. The second kappa shape index (κ2) is 12.9. The van der Waals surface area contributed by atoms with Gasteiger partial charge in [0.05, 0.1) is 24.4 Å². The van der Waals surface area contributed by atoms with Crippen molar-refractivity contribution in [1.82, 2.24) is 16.1 Å². The molecule has 0 radical (unpaired) electrons. The zero-order chi connectivity index (χ0) is 25.9. The number of esters is 1. The third-order valence-corrected chi connectivity index (χ3v) is 5.18. The second-order valence-corrected chi connectivity index (χ2v) is 7.80. The molecule has 0 aromatic heterocycles. The van der Waals surface area contributed by atoms with E-state index in [1.54, 1.807) is 62.4 Å². The summed E-state index contributed by atoms with van der Waals surface area (Å²) in [7, 11) is 0. The zero-order valence-corrected chi connectivity index (χ0v) is 20.6. The number of allylic oxidation sites excluding steroid dienone is 1. The molecule has 2 aromatic rings. The molecule has 1 heterocycles. The van der Waals surface area contributed by atoms with Crippen molar-refractivity contribution in [3.63, 3.8) is 0 Å². The maximum absolute atomic E-state index is 12.6. The van der Waals surface area contributed by atoms with Gasteiger partial charge in [0.1, 0.15) is 17.6 Å². The van der Waals surface area contributed by atoms with E-state index in [1.807, 2.05) is 6.07 Å². The number of ether oxygens (including phenoxy) is 3. The Bertz CT molecular complexity index is 1240. The van der Waals surface area contributed by atoms with Crippen molar-refractivity contribution in [3.05, 3.63) is 70.9 Å². The van der Waals surface area contributed by atoms with Gasteiger partial charge in [-0.1, -0.05) is 30.3 Å². The first-order valence-electron chi connectivity index (χ1n) is 11.0. The summed E-state index contributed by atoms with van der Waals surface area (Å²) in [5.41, 5.74) is 4.55. The molecule has 0 unspecified atom stereocenters. The van der Waals surface area contributed by atoms with Gasteiger partial charge in [0.25, 0.3) is 5.91 Å². The predicted octanol–water partition coefficient (Wildman–Crippen LogP) is 2.47. The van der Waals surface area contributed by atoms with Gasteiger partial charge in [-0.15, -0.1) is 0 Å². The largest absolute Gasteiger partial charge is 0.483 e. The molecular formula is C25H25N5O5S. The molecule has 2 aromatic carbocycles. The average Bonchev–Trinajstić information content (AvgIpc) is 2.86. The maximum atomic E-state index is 12.6. The lowest BCUT2D eigenvalue weighted by Crippen LogP contribution is -2.45. The first-order chi connectivity index (χ1) is 17.4. The molecule has 0 saturated carbocycles. The third-order valence-electron chi connectivity index (χ3n) is 4.96. The van der Waals surface area contributed by atoms with Crippen molar-refractivity contribution in [2.45, 2.75) is 19.9 Å². The average molecular weight is 508 g/mol. The number of hydrazone groups is 1. The van der Waals surface area contributed by atoms with Crippen LogP contribution in [-0.4, -0.2) is 43.0 Å². The highest BCUT2D eigenvalue weighted by Gasteiger charge is 2.32. The molecule has 0 fully saturated rings. The lowest BCUT2D eigenvalue weighted by molar-refractivity contribution is -0.139. The molecule has 1 aliphatic rings. The molecule has 1 aliphatic heterocycles. The number of hydrogen-bond acceptors (Lipinski definition) is 8. The van der Waals surface area contributed by atoms with Crippen molar-refractivity contribution < 1.29 is 23.8 Å². The third kappa shape index (κ3) is 6.80. The Hall–Kier alpha value is -4.43. The van der Waals surface area contributed by atoms with Crippen LogP contribution >= 0.6 is 12.2 Å². The number of hydrogen-bond donors (Lipinski definition) is 3. The molecule has 1 amide bonds. The minimum atomic E-state index is -0.625. The van der Waals surface area contributed by atoms with Crippen molar-refractivity contribution in [1.29, 1.82) is 5.26 Å². The monoisotopic (exact) mass is 507 g/mol. The summed E-state index contributed by atoms with van der Waals surface area (Å²) < 4.78 is 16.3. The van der Waals surface area contributed by atoms with Crippen LogP contribution in [0.1, 0.15) is 31.0 Å². The van der Waals surface area contributed by atoms with Crippen molar-refractivity contribution in [2.75, 3.05) is 19.8 Å². The summed E-state index contributed by atoms with van der Waals surface area (Å²) in [4.78, 5) is 25.0. The van der Waals surface area contributed by atoms with Crippen LogP contribution in [0.5, 0.6) is 11.5 Å². The van der Waals surface area contributed by atoms with E-state index in [-0.39, 0.29) is 19.8 Å². The molecule has 0 bridgehead atoms. The molecule has 0 saturated heterocycles. The number of benzene rings is 2. The quantitative estimate of drug-likeness (QED) is 0.192. The van der Waals surface area contributed by atoms with E-state index < -0.39 is 17.9 Å². The van der Waals surface area contributed by atoms with Crippen LogP contribution in [0.25, 0.3) is 0 Å². The van der Waals surface area contributed by atoms with Gasteiger partial charge in [-0.2, -0.15) is 10.4 Å². The SMILES string of the molecule is CCOC(=O)C1=C(C)NC(=S)N[C@H]1c1ccccc1OCC(=O)NN=Cc1ccccc1OCC#N. The molecule has 11 heteroatoms. The van der Waals surface area contributed by atoms with Crippen LogP contribution in [0.3, 0.4) is 0 Å². The summed E-state index contributed by atoms with van der Waals surface area (Å²) in [5, 5.41) is 19.0. The molecule has 3 rings (SSSR count). The summed E-state index contributed by atoms with van der Waals surface area (Å²) >= 11 is 5.28. The molecule has 1 atom stereocenters. The molecule has 186 valence electrons. The summed E-state index contributed by atoms with van der Waals surface area (Å²) in [6.45, 7) is 3.26. The number of para-hydroxylation sites is 2. The topological polar surface area (TPSA) is 134 Å². The van der Waals surface area contributed by atoms with Gasteiger partial charge in [0, 0.05) is 16.8 Å². The van der Waals surface area contributed by atoms with E-state index in [0.29, 0.717) is 39.0 Å². The van der Waals surface area contributed by atoms with Gasteiger partial charge in [-0.25, -0.2) is 10.2 Å². The highest BCUT2D eigenvalue weighted by atomic mass is 32.1. The van der Waals surface area contributed by atoms with E-state index >= 15 is 0 Å². The molecule has 0 aliphatic carbocycles. The lowest BCUT2D eigenvalue weighted by Gasteiger charge is -2.30. The number of rotatable bonds is 10. The number of amides is 1. The van der Waals surface area contributed by atoms with Crippen molar-refractivity contribution in [2.24, 2.45) is 5.10 Å². The van der Waals surface area contributed by atoms with Crippen LogP contribution in [0.15, 0.2) is 64.9 Å². The number of nitriles is 1. The number of nitrogens with zero attached hydrogens (tertiary/aromatic N) is 2. The number of carbonyl (C=O) groups excluding carboxylic acids is 2. The maximum Gasteiger partial charge on any atom is 0.338 e. The van der Waals surface area contributed by atoms with Crippen LogP contribution in [0, 0.1) is 11.3 Å². The van der Waals surface area contributed by atoms with Gasteiger partial charge in [0.15, 0.2) is 18.3 Å². The normalized spacial score (nSPS) is 14.9. The Morgan fingerprint density at radius 3 is 2.64 bits per heavy atom. The predicted molar refractivity (Wildman–Crippen MR) is 136 cm³/mol. The van der Waals surface area contributed by atoms with Crippen molar-refractivity contribution >= 4 is 35.4 Å². The zero-order valence-electron chi connectivity index (χ0n) is 19.7. The summed E-state index contributed by atoms with van der Waals surface area (Å²) in [6, 6.07) is 15.3. The van der Waals surface area contributed by atoms with Gasteiger partial charge in [-0.3, -0.25) is 4.79 Å². The van der Waals surface area contributed by atoms with Crippen molar-refractivity contribution in [3.8, 4) is 17.6 Å². The standard InChI is InChI=1S/C25H25N5O5S/c1-3-33-24(32)22-16(2)28-25(36)29-23(22)18-9-5-7-11-20(18)35-15-21(31)30-27-14-17-8-4-6-10-19(17)34-13-12-26/h4-11,14,23H,3,13,15H2,1-2H3,(H,30,31)(H2,28,29,36)/t23-/m0/s1. The Labute approximate surface area is 213 Å². The van der Waals surface area contributed by atoms with E-state index in [4.69, 9.17) is 31.7 Å². The number of carbonyl (C=O) groups is 2. The Balaban J connectivity index is 1.70. The summed E-state index contributed by atoms with van der Waals surface area (Å²) in [5.74, 6) is -0.120. The number of thiocarbonyl (C=S) groups is 1. The van der Waals surface area contributed by atoms with Crippen LogP contribution in [0.2, 0.25) is 0 Å². The molecule has 36 heavy (non-hydrogen) atoms. The van der Waals surface area contributed by atoms with Gasteiger partial charge < -0.3 is 24.8 Å². The fourth-order valence-corrected chi connectivity index (χ4v) is 3.71. The highest BCUT2D eigenvalue weighted by Crippen LogP contribution is 2.33. The minimum absolute atomic E-state index is 0.103. The van der Waals surface area contributed by atoms with Gasteiger partial charge in [0.2, 0.25) is 0 Å². The smallest absolute Gasteiger partial charge is 0.338 e. The number of nitrogens with one attached hydrogen (secondary N) is 3. The highest BCUT2D eigenvalue weighted by molar-refractivity contribution is 7.80. The second-order valence-electron chi connectivity index (χ2n) is 7.39. The van der Waals surface area contributed by atoms with E-state index in [1.165, 1.54) is 6.21 Å². The van der Waals surface area contributed by atoms with Crippen LogP contribution < -0.4 is 25.5 Å². The Morgan fingerprint density at radius 2 is 1.89 bits per heavy atom.